The van der Waals surface area contributed by atoms with Gasteiger partial charge in [-0.15, -0.1) is 0 Å². The number of fused-ring (bicyclic) bond motifs is 2. The number of amides is 7. The van der Waals surface area contributed by atoms with E-state index in [-0.39, 0.29) is 17.7 Å². The van der Waals surface area contributed by atoms with Gasteiger partial charge < -0.3 is 82.8 Å². The Morgan fingerprint density at radius 1 is 0.720 bits per heavy atom. The molecule has 3 aliphatic rings. The van der Waals surface area contributed by atoms with Crippen molar-refractivity contribution in [3.63, 3.8) is 0 Å². The van der Waals surface area contributed by atoms with Gasteiger partial charge in [0.1, 0.15) is 42.1 Å². The minimum atomic E-state index is -2.25. The monoisotopic (exact) mass is 1060 g/mol. The molecule has 4 unspecified atom stereocenters. The maximum absolute atomic E-state index is 14.4. The fraction of sp³-hybridized carbons (Fsp3) is 0.725. The van der Waals surface area contributed by atoms with E-state index in [2.05, 4.69) is 42.0 Å². The maximum atomic E-state index is 14.4. The van der Waals surface area contributed by atoms with E-state index in [0.717, 1.165) is 62.5 Å². The van der Waals surface area contributed by atoms with E-state index in [4.69, 9.17) is 5.73 Å². The van der Waals surface area contributed by atoms with Crippen LogP contribution < -0.4 is 27.0 Å². The molecule has 75 heavy (non-hydrogen) atoms. The van der Waals surface area contributed by atoms with Crippen LogP contribution in [-0.2, 0) is 38.4 Å². The zero-order valence-corrected chi connectivity index (χ0v) is 43.3. The van der Waals surface area contributed by atoms with Crippen LogP contribution in [-0.4, -0.2) is 189 Å². The van der Waals surface area contributed by atoms with Crippen LogP contribution in [0.3, 0.4) is 0 Å². The van der Waals surface area contributed by atoms with Crippen molar-refractivity contribution in [1.29, 1.82) is 0 Å². The van der Waals surface area contributed by atoms with Gasteiger partial charge in [0.2, 0.25) is 41.4 Å². The molecule has 7 amide bonds. The summed E-state index contributed by atoms with van der Waals surface area (Å²) in [6.45, 7) is 6.65. The van der Waals surface area contributed by atoms with Crippen molar-refractivity contribution in [2.24, 2.45) is 23.5 Å². The lowest BCUT2D eigenvalue weighted by molar-refractivity contribution is -0.149. The van der Waals surface area contributed by atoms with E-state index in [1.54, 1.807) is 0 Å². The Bertz CT molecular complexity index is 2100. The highest BCUT2D eigenvalue weighted by molar-refractivity contribution is 5.98. The maximum Gasteiger partial charge on any atom is 0.248 e. The normalized spacial score (nSPS) is 29.1. The topological polar surface area (TPSA) is 399 Å². The summed E-state index contributed by atoms with van der Waals surface area (Å²) in [4.78, 5) is 113. The number of nitrogens with two attached hydrogens (primary N) is 1. The molecule has 24 heteroatoms. The first-order chi connectivity index (χ1) is 35.3. The number of hydrogen-bond acceptors (Lipinski definition) is 17. The highest BCUT2D eigenvalue weighted by atomic mass is 16.3. The molecule has 16 atom stereocenters. The number of benzene rings is 1. The number of aromatic hydroxyl groups is 1. The van der Waals surface area contributed by atoms with Crippen molar-refractivity contribution >= 4 is 47.1 Å². The van der Waals surface area contributed by atoms with Crippen LogP contribution in [0.5, 0.6) is 5.75 Å². The molecule has 3 saturated heterocycles. The second-order valence-corrected chi connectivity index (χ2v) is 20.9. The Morgan fingerprint density at radius 3 is 1.88 bits per heavy atom. The number of rotatable bonds is 20. The van der Waals surface area contributed by atoms with Crippen LogP contribution in [0.4, 0.5) is 0 Å². The third kappa shape index (κ3) is 18.1. The van der Waals surface area contributed by atoms with Gasteiger partial charge in [-0.25, -0.2) is 0 Å². The standard InChI is InChI=1S/C51H81N7O17/c1-5-26(2)18-27(3)12-10-8-6-7-9-11-13-41(67)53-34-22-39(65)49(73)56-48(72)36-20-32(62)25-58(36)51(75)43(38(64)23-40(52)66)55-46(70)33(45(69)44(68)29-14-16-30(60)17-15-29)21-37(63)35-19-31(61)24-57(35)50(74)42(28(4)59)54-47(34)71/h14-17,26-28,31-36,38-39,42-45,49,59-62,64-65,68-69,73H,5-13,18-25H2,1-4H3,(H2,52,66)(H,53,67)(H,54,71)(H,55,70)(H,56,72)/t26?,27?,28?,31-,32-,33+,34+,35+,36+,38-,39-,42+,43+,44+,45?,49-/m1/s1. The average molecular weight is 1060 g/mol. The highest BCUT2D eigenvalue weighted by Gasteiger charge is 2.48. The summed E-state index contributed by atoms with van der Waals surface area (Å²) in [6.07, 6.45) is -10.7. The molecule has 0 radical (unpaired) electrons. The quantitative estimate of drug-likeness (QED) is 0.0614. The summed E-state index contributed by atoms with van der Waals surface area (Å²) in [5.41, 5.74) is 5.26. The molecular weight excluding hydrogens is 983 g/mol. The number of aliphatic hydroxyl groups is 8. The Morgan fingerprint density at radius 2 is 1.28 bits per heavy atom. The lowest BCUT2D eigenvalue weighted by Gasteiger charge is -2.33. The predicted octanol–water partition coefficient (Wildman–Crippen LogP) is -2.25. The average Bonchev–Trinajstić information content (AvgIpc) is 3.95. The smallest absolute Gasteiger partial charge is 0.248 e. The van der Waals surface area contributed by atoms with E-state index >= 15 is 0 Å². The van der Waals surface area contributed by atoms with E-state index in [1.807, 2.05) is 0 Å². The number of hydrogen-bond donors (Lipinski definition) is 14. The van der Waals surface area contributed by atoms with Crippen LogP contribution >= 0.6 is 0 Å². The molecule has 3 fully saturated rings. The molecule has 24 nitrogen and oxygen atoms in total. The van der Waals surface area contributed by atoms with Crippen molar-refractivity contribution in [1.82, 2.24) is 31.1 Å². The zero-order valence-electron chi connectivity index (χ0n) is 43.3. The fourth-order valence-corrected chi connectivity index (χ4v) is 10.0. The van der Waals surface area contributed by atoms with Crippen molar-refractivity contribution in [3.05, 3.63) is 29.8 Å². The third-order valence-corrected chi connectivity index (χ3v) is 14.6. The number of phenolic OH excluding ortho intramolecular Hbond substituents is 1. The van der Waals surface area contributed by atoms with Crippen LogP contribution in [0.15, 0.2) is 24.3 Å². The van der Waals surface area contributed by atoms with Gasteiger partial charge in [-0.1, -0.05) is 77.8 Å². The summed E-state index contributed by atoms with van der Waals surface area (Å²) in [5.74, 6) is -10.1. The van der Waals surface area contributed by atoms with Crippen molar-refractivity contribution in [2.75, 3.05) is 13.1 Å². The first kappa shape index (κ1) is 62.2. The number of carbonyl (C=O) groups is 8. The van der Waals surface area contributed by atoms with Crippen LogP contribution in [0, 0.1) is 17.8 Å². The summed E-state index contributed by atoms with van der Waals surface area (Å²) in [5, 5.41) is 108. The largest absolute Gasteiger partial charge is 0.508 e. The lowest BCUT2D eigenvalue weighted by Crippen LogP contribution is -2.60. The Hall–Kier alpha value is -5.34. The zero-order chi connectivity index (χ0) is 55.8. The van der Waals surface area contributed by atoms with E-state index in [1.165, 1.54) is 18.6 Å². The molecule has 4 rings (SSSR count). The Labute approximate surface area is 436 Å². The van der Waals surface area contributed by atoms with Gasteiger partial charge >= 0.3 is 0 Å². The van der Waals surface area contributed by atoms with Crippen LogP contribution in [0.2, 0.25) is 0 Å². The molecule has 3 heterocycles. The lowest BCUT2D eigenvalue weighted by atomic mass is 9.86. The molecular formula is C51H81N7O17. The Kier molecular flexibility index (Phi) is 24.3. The number of primary amides is 1. The van der Waals surface area contributed by atoms with Gasteiger partial charge in [-0.05, 0) is 49.3 Å². The molecule has 1 aromatic rings. The van der Waals surface area contributed by atoms with Gasteiger partial charge in [0.25, 0.3) is 0 Å². The van der Waals surface area contributed by atoms with E-state index < -0.39 is 177 Å². The molecule has 0 aromatic heterocycles. The van der Waals surface area contributed by atoms with Gasteiger partial charge in [0.15, 0.2) is 12.0 Å². The number of Topliss-reactive ketones (excluding diaryl/α,β-unsaturated/α-hetero) is 1. The molecule has 0 spiro atoms. The Balaban J connectivity index is 1.69. The van der Waals surface area contributed by atoms with Gasteiger partial charge in [-0.2, -0.15) is 0 Å². The highest BCUT2D eigenvalue weighted by Crippen LogP contribution is 2.30. The first-order valence-electron chi connectivity index (χ1n) is 26.2. The third-order valence-electron chi connectivity index (χ3n) is 14.6. The summed E-state index contributed by atoms with van der Waals surface area (Å²) >= 11 is 0. The number of aliphatic hydroxyl groups excluding tert-OH is 8. The van der Waals surface area contributed by atoms with E-state index in [9.17, 15) is 84.3 Å². The number of carbonyl (C=O) groups excluding carboxylic acids is 8. The summed E-state index contributed by atoms with van der Waals surface area (Å²) in [7, 11) is 0. The van der Waals surface area contributed by atoms with Gasteiger partial charge in [0.05, 0.1) is 48.9 Å². The SMILES string of the molecule is CCC(C)CC(C)CCCCCCCCC(=O)N[C@H]1C[C@@H](O)[C@@H](O)NC(=O)[C@@H]2C[C@@H](O)CN2C(=O)[C@H]([C@H](O)CC(N)=O)NC(=O)[C@H](C(O)[C@@H](O)c2ccc(O)cc2)CC(=O)[C@@H]2C[C@@H](O)CN2C(=O)[C@H](C(C)O)NC1=O. The van der Waals surface area contributed by atoms with Crippen molar-refractivity contribution < 1.29 is 84.3 Å². The van der Waals surface area contributed by atoms with Gasteiger partial charge in [-0.3, -0.25) is 38.4 Å². The second-order valence-electron chi connectivity index (χ2n) is 20.9. The number of phenols is 1. The summed E-state index contributed by atoms with van der Waals surface area (Å²) < 4.78 is 0. The number of nitrogens with zero attached hydrogens (tertiary/aromatic N) is 2. The molecule has 0 saturated carbocycles. The minimum absolute atomic E-state index is 0.0681. The minimum Gasteiger partial charge on any atom is -0.508 e. The number of nitrogens with one attached hydrogen (secondary N) is 4. The second kappa shape index (κ2) is 29.3. The van der Waals surface area contributed by atoms with Crippen LogP contribution in [0.1, 0.15) is 136 Å². The van der Waals surface area contributed by atoms with Crippen molar-refractivity contribution in [3.8, 4) is 5.75 Å². The van der Waals surface area contributed by atoms with E-state index in [0.29, 0.717) is 29.6 Å². The molecule has 3 aliphatic heterocycles. The predicted molar refractivity (Wildman–Crippen MR) is 267 cm³/mol. The number of ketones is 1. The fourth-order valence-electron chi connectivity index (χ4n) is 10.0. The molecule has 1 aromatic carbocycles. The van der Waals surface area contributed by atoms with Gasteiger partial charge in [0, 0.05) is 45.2 Å². The first-order valence-corrected chi connectivity index (χ1v) is 26.2. The molecule has 0 bridgehead atoms. The van der Waals surface area contributed by atoms with Crippen LogP contribution in [0.25, 0.3) is 0 Å². The molecule has 422 valence electrons. The molecule has 15 N–H and O–H groups in total. The summed E-state index contributed by atoms with van der Waals surface area (Å²) in [6, 6.07) is -4.51. The molecule has 0 aliphatic carbocycles. The number of unbranched alkanes of at least 4 members (excludes halogenated alkanes) is 5. The van der Waals surface area contributed by atoms with Crippen molar-refractivity contribution in [2.45, 2.75) is 203 Å².